The third-order valence-electron chi connectivity index (χ3n) is 5.06. The first-order valence-electron chi connectivity index (χ1n) is 9.74. The van der Waals surface area contributed by atoms with Crippen LogP contribution in [0.15, 0.2) is 40.2 Å². The number of nitrogens with zero attached hydrogens (tertiary/aromatic N) is 2. The number of carbonyl (C=O) groups is 1. The summed E-state index contributed by atoms with van der Waals surface area (Å²) in [4.78, 5) is 16.8. The Labute approximate surface area is 186 Å². The number of benzene rings is 1. The van der Waals surface area contributed by atoms with Crippen molar-refractivity contribution in [3.05, 3.63) is 47.1 Å². The molecule has 3 aromatic rings. The molecular weight excluding hydrogens is 440 g/mol. The van der Waals surface area contributed by atoms with Gasteiger partial charge in [-0.05, 0) is 6.92 Å². The highest BCUT2D eigenvalue weighted by atomic mass is 32.1. The Hall–Kier alpha value is -2.87. The lowest BCUT2D eigenvalue weighted by atomic mass is 9.94. The number of hydrogen-bond donors (Lipinski definition) is 6. The second kappa shape index (κ2) is 9.32. The third kappa shape index (κ3) is 4.37. The van der Waals surface area contributed by atoms with Crippen LogP contribution in [0, 0.1) is 6.92 Å². The zero-order valence-electron chi connectivity index (χ0n) is 16.9. The predicted molar refractivity (Wildman–Crippen MR) is 114 cm³/mol. The van der Waals surface area contributed by atoms with Crippen LogP contribution in [0.1, 0.15) is 17.5 Å². The summed E-state index contributed by atoms with van der Waals surface area (Å²) in [6.07, 6.45) is -6.55. The van der Waals surface area contributed by atoms with Gasteiger partial charge in [0.1, 0.15) is 41.9 Å². The summed E-state index contributed by atoms with van der Waals surface area (Å²) < 4.78 is 10.8. The number of aliphatic hydroxyl groups excluding tert-OH is 4. The Kier molecular flexibility index (Phi) is 6.50. The molecule has 4 rings (SSSR count). The number of thiazole rings is 1. The van der Waals surface area contributed by atoms with Crippen LogP contribution in [0.2, 0.25) is 0 Å². The fraction of sp³-hybridized carbons (Fsp3) is 0.350. The van der Waals surface area contributed by atoms with Gasteiger partial charge in [-0.15, -0.1) is 11.3 Å². The first-order chi connectivity index (χ1) is 15.4. The van der Waals surface area contributed by atoms with E-state index in [2.05, 4.69) is 20.8 Å². The number of aryl methyl sites for hydroxylation is 1. The molecular formula is C20H22N4O7S. The standard InChI is InChI=1S/C20H22N4O7S/c1-9-13(17(31-24-9)10-5-3-2-4-6-10)22-19(29)23-20-21-11(8-32-20)18-16(28)15(27)14(26)12(7-25)30-18/h2-6,8,12,14-16,18,25-28H,7H2,1H3,(H2,21,22,23,29)/t12-,14-,15+,16-,18+/m1/s1. The average Bonchev–Trinajstić information content (AvgIpc) is 3.40. The molecule has 11 nitrogen and oxygen atoms in total. The van der Waals surface area contributed by atoms with Gasteiger partial charge in [-0.3, -0.25) is 5.32 Å². The van der Waals surface area contributed by atoms with E-state index in [0.29, 0.717) is 17.1 Å². The minimum Gasteiger partial charge on any atom is -0.394 e. The number of aromatic nitrogens is 2. The highest BCUT2D eigenvalue weighted by molar-refractivity contribution is 7.14. The maximum absolute atomic E-state index is 12.5. The Morgan fingerprint density at radius 2 is 1.88 bits per heavy atom. The molecule has 3 heterocycles. The predicted octanol–water partition coefficient (Wildman–Crippen LogP) is 1.27. The molecule has 1 saturated heterocycles. The molecule has 1 aliphatic rings. The van der Waals surface area contributed by atoms with Crippen molar-refractivity contribution in [3.8, 4) is 11.3 Å². The zero-order valence-corrected chi connectivity index (χ0v) is 17.7. The van der Waals surface area contributed by atoms with Gasteiger partial charge in [0, 0.05) is 10.9 Å². The summed E-state index contributed by atoms with van der Waals surface area (Å²) in [7, 11) is 0. The van der Waals surface area contributed by atoms with Crippen LogP contribution in [0.25, 0.3) is 11.3 Å². The number of amides is 2. The summed E-state index contributed by atoms with van der Waals surface area (Å²) in [6.45, 7) is 1.16. The van der Waals surface area contributed by atoms with Crippen LogP contribution in [0.4, 0.5) is 15.6 Å². The van der Waals surface area contributed by atoms with Crippen LogP contribution in [-0.4, -0.2) is 67.6 Å². The zero-order chi connectivity index (χ0) is 22.8. The molecule has 2 aromatic heterocycles. The number of rotatable bonds is 5. The van der Waals surface area contributed by atoms with Crippen molar-refractivity contribution < 1.29 is 34.5 Å². The van der Waals surface area contributed by atoms with Crippen molar-refractivity contribution in [2.45, 2.75) is 37.4 Å². The lowest BCUT2D eigenvalue weighted by molar-refractivity contribution is -0.232. The molecule has 1 aromatic carbocycles. The monoisotopic (exact) mass is 462 g/mol. The largest absolute Gasteiger partial charge is 0.394 e. The SMILES string of the molecule is Cc1noc(-c2ccccc2)c1NC(=O)Nc1nc([C@@H]2O[C@H](CO)[C@@H](O)[C@H](O)[C@H]2O)cs1. The van der Waals surface area contributed by atoms with Crippen LogP contribution in [-0.2, 0) is 4.74 Å². The molecule has 6 N–H and O–H groups in total. The van der Waals surface area contributed by atoms with Gasteiger partial charge in [0.25, 0.3) is 0 Å². The Morgan fingerprint density at radius 1 is 1.12 bits per heavy atom. The smallest absolute Gasteiger partial charge is 0.325 e. The summed E-state index contributed by atoms with van der Waals surface area (Å²) in [6, 6.07) is 8.62. The number of anilines is 2. The highest BCUT2D eigenvalue weighted by Crippen LogP contribution is 2.34. The van der Waals surface area contributed by atoms with Gasteiger partial charge < -0.3 is 35.0 Å². The van der Waals surface area contributed by atoms with Gasteiger partial charge in [-0.25, -0.2) is 9.78 Å². The van der Waals surface area contributed by atoms with Crippen LogP contribution in [0.3, 0.4) is 0 Å². The lowest BCUT2D eigenvalue weighted by Gasteiger charge is -2.39. The van der Waals surface area contributed by atoms with E-state index < -0.39 is 43.2 Å². The topological polar surface area (TPSA) is 170 Å². The molecule has 170 valence electrons. The van der Waals surface area contributed by atoms with E-state index in [9.17, 15) is 25.2 Å². The molecule has 0 bridgehead atoms. The van der Waals surface area contributed by atoms with E-state index in [0.717, 1.165) is 16.9 Å². The van der Waals surface area contributed by atoms with Gasteiger partial charge in [-0.1, -0.05) is 35.5 Å². The van der Waals surface area contributed by atoms with Crippen molar-refractivity contribution in [1.82, 2.24) is 10.1 Å². The van der Waals surface area contributed by atoms with Crippen molar-refractivity contribution in [1.29, 1.82) is 0 Å². The quantitative estimate of drug-likeness (QED) is 0.327. The first-order valence-corrected chi connectivity index (χ1v) is 10.6. The fourth-order valence-electron chi connectivity index (χ4n) is 3.37. The molecule has 0 aliphatic carbocycles. The molecule has 1 aliphatic heterocycles. The van der Waals surface area contributed by atoms with E-state index >= 15 is 0 Å². The Balaban J connectivity index is 1.46. The highest BCUT2D eigenvalue weighted by Gasteiger charge is 2.44. The number of nitrogens with one attached hydrogen (secondary N) is 2. The summed E-state index contributed by atoms with van der Waals surface area (Å²) >= 11 is 1.08. The molecule has 12 heteroatoms. The van der Waals surface area contributed by atoms with Crippen LogP contribution < -0.4 is 10.6 Å². The molecule has 32 heavy (non-hydrogen) atoms. The van der Waals surface area contributed by atoms with Crippen molar-refractivity contribution in [2.24, 2.45) is 0 Å². The van der Waals surface area contributed by atoms with E-state index in [-0.39, 0.29) is 10.8 Å². The minimum atomic E-state index is -1.51. The Morgan fingerprint density at radius 3 is 2.59 bits per heavy atom. The van der Waals surface area contributed by atoms with Crippen molar-refractivity contribution in [2.75, 3.05) is 17.2 Å². The molecule has 2 amide bonds. The van der Waals surface area contributed by atoms with Crippen molar-refractivity contribution >= 4 is 28.2 Å². The van der Waals surface area contributed by atoms with E-state index in [1.54, 1.807) is 12.3 Å². The number of urea groups is 1. The lowest BCUT2D eigenvalue weighted by Crippen LogP contribution is -2.55. The summed E-state index contributed by atoms with van der Waals surface area (Å²) in [5, 5.41) is 50.4. The second-order valence-electron chi connectivity index (χ2n) is 7.24. The maximum atomic E-state index is 12.5. The molecule has 0 radical (unpaired) electrons. The van der Waals surface area contributed by atoms with E-state index in [4.69, 9.17) is 9.26 Å². The average molecular weight is 462 g/mol. The van der Waals surface area contributed by atoms with Gasteiger partial charge in [0.05, 0.1) is 12.3 Å². The molecule has 0 unspecified atom stereocenters. The van der Waals surface area contributed by atoms with Crippen LogP contribution in [0.5, 0.6) is 0 Å². The van der Waals surface area contributed by atoms with E-state index in [1.807, 2.05) is 30.3 Å². The summed E-state index contributed by atoms with van der Waals surface area (Å²) in [5.74, 6) is 0.416. The minimum absolute atomic E-state index is 0.213. The third-order valence-corrected chi connectivity index (χ3v) is 5.84. The number of carbonyl (C=O) groups excluding carboxylic acids is 1. The van der Waals surface area contributed by atoms with Gasteiger partial charge in [0.15, 0.2) is 10.9 Å². The summed E-state index contributed by atoms with van der Waals surface area (Å²) in [5.41, 5.74) is 1.91. The Bertz CT molecular complexity index is 1070. The van der Waals surface area contributed by atoms with Crippen molar-refractivity contribution in [3.63, 3.8) is 0 Å². The molecule has 0 spiro atoms. The van der Waals surface area contributed by atoms with E-state index in [1.165, 1.54) is 0 Å². The van der Waals surface area contributed by atoms with Gasteiger partial charge >= 0.3 is 6.03 Å². The number of hydrogen-bond acceptors (Lipinski definition) is 10. The number of aliphatic hydroxyl groups is 4. The first kappa shape index (κ1) is 22.3. The van der Waals surface area contributed by atoms with Crippen LogP contribution >= 0.6 is 11.3 Å². The number of ether oxygens (including phenoxy) is 1. The molecule has 0 saturated carbocycles. The second-order valence-corrected chi connectivity index (χ2v) is 8.10. The normalized spacial score (nSPS) is 25.5. The molecule has 1 fully saturated rings. The molecule has 5 atom stereocenters. The van der Waals surface area contributed by atoms with Gasteiger partial charge in [-0.2, -0.15) is 0 Å². The maximum Gasteiger partial charge on any atom is 0.325 e. The van der Waals surface area contributed by atoms with Gasteiger partial charge in [0.2, 0.25) is 0 Å². The fourth-order valence-corrected chi connectivity index (χ4v) is 4.09.